The minimum Gasteiger partial charge on any atom is -0.352 e. The van der Waals surface area contributed by atoms with Gasteiger partial charge in [-0.3, -0.25) is 9.79 Å². The van der Waals surface area contributed by atoms with Crippen molar-refractivity contribution in [3.63, 3.8) is 0 Å². The highest BCUT2D eigenvalue weighted by atomic mass is 32.2. The van der Waals surface area contributed by atoms with E-state index in [1.54, 1.807) is 0 Å². The molecule has 0 spiro atoms. The second kappa shape index (κ2) is 10.2. The van der Waals surface area contributed by atoms with E-state index < -0.39 is 0 Å². The molecule has 0 radical (unpaired) electrons. The molecule has 27 heavy (non-hydrogen) atoms. The van der Waals surface area contributed by atoms with E-state index >= 15 is 0 Å². The summed E-state index contributed by atoms with van der Waals surface area (Å²) in [6.45, 7) is 5.88. The van der Waals surface area contributed by atoms with Crippen molar-refractivity contribution in [3.05, 3.63) is 35.4 Å². The Bertz CT molecular complexity index is 637. The predicted molar refractivity (Wildman–Crippen MR) is 115 cm³/mol. The molecular weight excluding hydrogens is 354 g/mol. The molecule has 1 aliphatic carbocycles. The SMILES string of the molecule is CCCN1C(=NC2CCCCC2)SCC1CC(=O)NCc1ccc(C)cc1. The van der Waals surface area contributed by atoms with Crippen LogP contribution in [0.15, 0.2) is 29.3 Å². The summed E-state index contributed by atoms with van der Waals surface area (Å²) in [5, 5.41) is 4.27. The molecule has 2 fully saturated rings. The molecule has 1 aliphatic heterocycles. The Kier molecular flexibility index (Phi) is 7.62. The van der Waals surface area contributed by atoms with E-state index in [0.29, 0.717) is 19.0 Å². The van der Waals surface area contributed by atoms with Crippen molar-refractivity contribution < 1.29 is 4.79 Å². The van der Waals surface area contributed by atoms with Gasteiger partial charge in [0.1, 0.15) is 0 Å². The summed E-state index contributed by atoms with van der Waals surface area (Å²) in [4.78, 5) is 20.0. The van der Waals surface area contributed by atoms with Gasteiger partial charge in [0.05, 0.1) is 6.04 Å². The molecule has 1 N–H and O–H groups in total. The third-order valence-electron chi connectivity index (χ3n) is 5.45. The number of aliphatic imine (C=N–C) groups is 1. The van der Waals surface area contributed by atoms with Crippen molar-refractivity contribution in [1.82, 2.24) is 10.2 Å². The number of nitrogens with zero attached hydrogens (tertiary/aromatic N) is 2. The molecule has 0 aromatic heterocycles. The van der Waals surface area contributed by atoms with Crippen LogP contribution in [0.2, 0.25) is 0 Å². The molecule has 1 aromatic carbocycles. The Balaban J connectivity index is 1.54. The van der Waals surface area contributed by atoms with Crippen molar-refractivity contribution in [1.29, 1.82) is 0 Å². The van der Waals surface area contributed by atoms with E-state index in [1.165, 1.54) is 42.8 Å². The maximum Gasteiger partial charge on any atom is 0.222 e. The lowest BCUT2D eigenvalue weighted by atomic mass is 9.96. The van der Waals surface area contributed by atoms with Gasteiger partial charge in [-0.05, 0) is 31.7 Å². The highest BCUT2D eigenvalue weighted by Gasteiger charge is 2.31. The molecule has 0 bridgehead atoms. The van der Waals surface area contributed by atoms with Crippen molar-refractivity contribution >= 4 is 22.8 Å². The van der Waals surface area contributed by atoms with Crippen LogP contribution in [0, 0.1) is 6.92 Å². The molecule has 1 atom stereocenters. The first kappa shape index (κ1) is 20.2. The molecule has 2 aliphatic rings. The molecule has 3 rings (SSSR count). The molecular formula is C22H33N3OS. The minimum absolute atomic E-state index is 0.140. The predicted octanol–water partition coefficient (Wildman–Crippen LogP) is 4.52. The number of aryl methyl sites for hydroxylation is 1. The van der Waals surface area contributed by atoms with Crippen LogP contribution >= 0.6 is 11.8 Å². The first-order chi connectivity index (χ1) is 13.2. The van der Waals surface area contributed by atoms with E-state index in [2.05, 4.69) is 48.3 Å². The number of hydrogen-bond donors (Lipinski definition) is 1. The van der Waals surface area contributed by atoms with E-state index in [1.807, 2.05) is 11.8 Å². The van der Waals surface area contributed by atoms with Crippen LogP contribution in [0.4, 0.5) is 0 Å². The zero-order valence-electron chi connectivity index (χ0n) is 16.7. The zero-order chi connectivity index (χ0) is 19.1. The number of amides is 1. The molecule has 1 saturated heterocycles. The second-order valence-corrected chi connectivity index (χ2v) is 8.82. The van der Waals surface area contributed by atoms with Gasteiger partial charge in [0, 0.05) is 31.3 Å². The fourth-order valence-electron chi connectivity index (χ4n) is 3.86. The van der Waals surface area contributed by atoms with Crippen LogP contribution < -0.4 is 5.32 Å². The summed E-state index contributed by atoms with van der Waals surface area (Å²) in [5.74, 6) is 1.12. The zero-order valence-corrected chi connectivity index (χ0v) is 17.6. The van der Waals surface area contributed by atoms with Gasteiger partial charge in [-0.2, -0.15) is 0 Å². The third-order valence-corrected chi connectivity index (χ3v) is 6.60. The van der Waals surface area contributed by atoms with Crippen LogP contribution in [0.5, 0.6) is 0 Å². The largest absolute Gasteiger partial charge is 0.352 e. The van der Waals surface area contributed by atoms with E-state index in [0.717, 1.165) is 24.3 Å². The monoisotopic (exact) mass is 387 g/mol. The van der Waals surface area contributed by atoms with Crippen LogP contribution in [0.1, 0.15) is 63.0 Å². The molecule has 1 heterocycles. The van der Waals surface area contributed by atoms with Gasteiger partial charge in [0.2, 0.25) is 5.91 Å². The lowest BCUT2D eigenvalue weighted by Gasteiger charge is -2.27. The van der Waals surface area contributed by atoms with Gasteiger partial charge in [-0.1, -0.05) is 67.8 Å². The number of benzene rings is 1. The number of carbonyl (C=O) groups excluding carboxylic acids is 1. The fraction of sp³-hybridized carbons (Fsp3) is 0.636. The minimum atomic E-state index is 0.140. The molecule has 1 unspecified atom stereocenters. The summed E-state index contributed by atoms with van der Waals surface area (Å²) in [5.41, 5.74) is 2.40. The van der Waals surface area contributed by atoms with Gasteiger partial charge in [0.25, 0.3) is 0 Å². The average molecular weight is 388 g/mol. The topological polar surface area (TPSA) is 44.7 Å². The van der Waals surface area contributed by atoms with Crippen molar-refractivity contribution in [2.24, 2.45) is 4.99 Å². The van der Waals surface area contributed by atoms with E-state index in [-0.39, 0.29) is 11.9 Å². The Hall–Kier alpha value is -1.49. The summed E-state index contributed by atoms with van der Waals surface area (Å²) in [6.07, 6.45) is 8.08. The number of rotatable bonds is 7. The summed E-state index contributed by atoms with van der Waals surface area (Å²) in [6, 6.07) is 9.11. The van der Waals surface area contributed by atoms with Crippen LogP contribution in [0.25, 0.3) is 0 Å². The highest BCUT2D eigenvalue weighted by molar-refractivity contribution is 8.14. The maximum absolute atomic E-state index is 12.5. The standard InChI is InChI=1S/C22H33N3OS/c1-3-13-25-20(16-27-22(25)24-19-7-5-4-6-8-19)14-21(26)23-15-18-11-9-17(2)10-12-18/h9-12,19-20H,3-8,13-16H2,1-2H3,(H,23,26). The first-order valence-corrected chi connectivity index (χ1v) is 11.4. The van der Waals surface area contributed by atoms with Gasteiger partial charge in [-0.25, -0.2) is 0 Å². The Morgan fingerprint density at radius 3 is 2.67 bits per heavy atom. The summed E-state index contributed by atoms with van der Waals surface area (Å²) in [7, 11) is 0. The quantitative estimate of drug-likeness (QED) is 0.748. The number of amidine groups is 1. The van der Waals surface area contributed by atoms with Crippen molar-refractivity contribution in [3.8, 4) is 0 Å². The Morgan fingerprint density at radius 2 is 1.96 bits per heavy atom. The molecule has 1 saturated carbocycles. The van der Waals surface area contributed by atoms with Gasteiger partial charge < -0.3 is 10.2 Å². The highest BCUT2D eigenvalue weighted by Crippen LogP contribution is 2.29. The summed E-state index contributed by atoms with van der Waals surface area (Å²) >= 11 is 1.85. The van der Waals surface area contributed by atoms with Crippen molar-refractivity contribution in [2.75, 3.05) is 12.3 Å². The van der Waals surface area contributed by atoms with E-state index in [9.17, 15) is 4.79 Å². The fourth-order valence-corrected chi connectivity index (χ4v) is 5.13. The van der Waals surface area contributed by atoms with Gasteiger partial charge >= 0.3 is 0 Å². The van der Waals surface area contributed by atoms with Gasteiger partial charge in [0.15, 0.2) is 5.17 Å². The smallest absolute Gasteiger partial charge is 0.222 e. The molecule has 5 heteroatoms. The molecule has 4 nitrogen and oxygen atoms in total. The third kappa shape index (κ3) is 6.00. The second-order valence-electron chi connectivity index (χ2n) is 7.83. The van der Waals surface area contributed by atoms with Crippen LogP contribution in [0.3, 0.4) is 0 Å². The van der Waals surface area contributed by atoms with E-state index in [4.69, 9.17) is 4.99 Å². The number of thioether (sulfide) groups is 1. The molecule has 1 aromatic rings. The Labute approximate surface area is 168 Å². The average Bonchev–Trinajstić information content (AvgIpc) is 3.04. The first-order valence-electron chi connectivity index (χ1n) is 10.4. The lowest BCUT2D eigenvalue weighted by Crippen LogP contribution is -2.39. The Morgan fingerprint density at radius 1 is 1.22 bits per heavy atom. The molecule has 148 valence electrons. The maximum atomic E-state index is 12.5. The van der Waals surface area contributed by atoms with Crippen LogP contribution in [-0.4, -0.2) is 40.4 Å². The number of hydrogen-bond acceptors (Lipinski definition) is 3. The normalized spacial score (nSPS) is 22.4. The summed E-state index contributed by atoms with van der Waals surface area (Å²) < 4.78 is 0. The van der Waals surface area contributed by atoms with Crippen LogP contribution in [-0.2, 0) is 11.3 Å². The molecule has 1 amide bonds. The number of nitrogens with one attached hydrogen (secondary N) is 1. The lowest BCUT2D eigenvalue weighted by molar-refractivity contribution is -0.122. The van der Waals surface area contributed by atoms with Gasteiger partial charge in [-0.15, -0.1) is 0 Å². The number of carbonyl (C=O) groups is 1. The van der Waals surface area contributed by atoms with Crippen molar-refractivity contribution in [2.45, 2.75) is 77.4 Å².